The van der Waals surface area contributed by atoms with E-state index >= 15 is 0 Å². The SMILES string of the molecule is N#CC1(NC(=O)C2CC(S(=O)(=O)c3ccc(Cl)cc3Cl)CN2C(=O)C2(c3ccc(Cl)cc3)CC2)CC1. The van der Waals surface area contributed by atoms with Gasteiger partial charge in [0.25, 0.3) is 0 Å². The first-order chi connectivity index (χ1) is 17.0. The van der Waals surface area contributed by atoms with Crippen molar-refractivity contribution in [2.24, 2.45) is 0 Å². The summed E-state index contributed by atoms with van der Waals surface area (Å²) in [5, 5.41) is 12.0. The Kier molecular flexibility index (Phi) is 6.27. The number of likely N-dealkylation sites (tertiary alicyclic amines) is 1. The van der Waals surface area contributed by atoms with Gasteiger partial charge in [0, 0.05) is 16.6 Å². The lowest BCUT2D eigenvalue weighted by molar-refractivity contribution is -0.140. The van der Waals surface area contributed by atoms with Crippen molar-refractivity contribution in [2.75, 3.05) is 6.54 Å². The average molecular weight is 567 g/mol. The molecule has 188 valence electrons. The van der Waals surface area contributed by atoms with Crippen LogP contribution in [-0.2, 0) is 24.8 Å². The minimum absolute atomic E-state index is 0.0190. The number of carbonyl (C=O) groups excluding carboxylic acids is 2. The van der Waals surface area contributed by atoms with Gasteiger partial charge in [-0.1, -0.05) is 46.9 Å². The van der Waals surface area contributed by atoms with Gasteiger partial charge < -0.3 is 10.2 Å². The summed E-state index contributed by atoms with van der Waals surface area (Å²) in [6.45, 7) is -0.160. The molecule has 3 aliphatic rings. The zero-order valence-corrected chi connectivity index (χ0v) is 22.1. The van der Waals surface area contributed by atoms with Gasteiger partial charge >= 0.3 is 0 Å². The van der Waals surface area contributed by atoms with Crippen LogP contribution < -0.4 is 5.32 Å². The zero-order valence-electron chi connectivity index (χ0n) is 19.0. The van der Waals surface area contributed by atoms with Gasteiger partial charge in [-0.2, -0.15) is 5.26 Å². The zero-order chi connectivity index (χ0) is 25.9. The summed E-state index contributed by atoms with van der Waals surface area (Å²) in [5.74, 6) is -0.819. The Hall–Kier alpha value is -2.31. The van der Waals surface area contributed by atoms with Crippen LogP contribution in [0.2, 0.25) is 15.1 Å². The number of halogens is 3. The highest BCUT2D eigenvalue weighted by atomic mass is 35.5. The number of nitriles is 1. The molecule has 2 atom stereocenters. The maximum Gasteiger partial charge on any atom is 0.244 e. The molecule has 36 heavy (non-hydrogen) atoms. The van der Waals surface area contributed by atoms with Crippen LogP contribution in [0.15, 0.2) is 47.4 Å². The summed E-state index contributed by atoms with van der Waals surface area (Å²) < 4.78 is 27.1. The lowest BCUT2D eigenvalue weighted by Gasteiger charge is -2.29. The van der Waals surface area contributed by atoms with Crippen LogP contribution in [0.25, 0.3) is 0 Å². The van der Waals surface area contributed by atoms with Gasteiger partial charge in [0.15, 0.2) is 9.84 Å². The molecule has 7 nitrogen and oxygen atoms in total. The van der Waals surface area contributed by atoms with Crippen LogP contribution in [0.1, 0.15) is 37.7 Å². The van der Waals surface area contributed by atoms with E-state index in [9.17, 15) is 23.3 Å². The fourth-order valence-electron chi connectivity index (χ4n) is 4.88. The quantitative estimate of drug-likeness (QED) is 0.561. The first kappa shape index (κ1) is 25.3. The van der Waals surface area contributed by atoms with Gasteiger partial charge in [-0.15, -0.1) is 0 Å². The largest absolute Gasteiger partial charge is 0.336 e. The third kappa shape index (κ3) is 4.37. The third-order valence-corrected chi connectivity index (χ3v) is 10.4. The molecule has 0 aromatic heterocycles. The second-order valence-electron chi connectivity index (χ2n) is 9.72. The molecule has 3 fully saturated rings. The highest BCUT2D eigenvalue weighted by Crippen LogP contribution is 2.51. The highest BCUT2D eigenvalue weighted by molar-refractivity contribution is 7.92. The summed E-state index contributed by atoms with van der Waals surface area (Å²) in [4.78, 5) is 28.5. The summed E-state index contributed by atoms with van der Waals surface area (Å²) in [6, 6.07) is 12.2. The van der Waals surface area contributed by atoms with Gasteiger partial charge in [0.2, 0.25) is 11.8 Å². The van der Waals surface area contributed by atoms with Crippen molar-refractivity contribution in [3.63, 3.8) is 0 Å². The number of amides is 2. The number of hydrogen-bond acceptors (Lipinski definition) is 5. The molecule has 2 unspecified atom stereocenters. The van der Waals surface area contributed by atoms with Crippen molar-refractivity contribution in [1.29, 1.82) is 5.26 Å². The van der Waals surface area contributed by atoms with Crippen molar-refractivity contribution in [1.82, 2.24) is 10.2 Å². The van der Waals surface area contributed by atoms with E-state index in [1.54, 1.807) is 24.3 Å². The van der Waals surface area contributed by atoms with Crippen LogP contribution in [0.5, 0.6) is 0 Å². The molecule has 5 rings (SSSR count). The van der Waals surface area contributed by atoms with Gasteiger partial charge in [-0.25, -0.2) is 8.42 Å². The van der Waals surface area contributed by atoms with Gasteiger partial charge in [-0.05, 0) is 68.0 Å². The fraction of sp³-hybridized carbons (Fsp3) is 0.400. The van der Waals surface area contributed by atoms with E-state index < -0.39 is 38.0 Å². The van der Waals surface area contributed by atoms with Crippen LogP contribution in [0.4, 0.5) is 0 Å². The number of benzene rings is 2. The molecule has 2 aliphatic carbocycles. The molecular formula is C25H22Cl3N3O4S. The van der Waals surface area contributed by atoms with Crippen molar-refractivity contribution in [2.45, 2.75) is 59.2 Å². The van der Waals surface area contributed by atoms with E-state index in [-0.39, 0.29) is 28.8 Å². The molecule has 1 saturated heterocycles. The smallest absolute Gasteiger partial charge is 0.244 e. The molecule has 0 spiro atoms. The predicted octanol–water partition coefficient (Wildman–Crippen LogP) is 4.29. The van der Waals surface area contributed by atoms with E-state index in [1.165, 1.54) is 23.1 Å². The highest BCUT2D eigenvalue weighted by Gasteiger charge is 2.58. The number of nitrogens with one attached hydrogen (secondary N) is 1. The molecule has 0 radical (unpaired) electrons. The number of rotatable bonds is 6. The van der Waals surface area contributed by atoms with E-state index in [1.807, 2.05) is 0 Å². The first-order valence-corrected chi connectivity index (χ1v) is 14.2. The molecule has 11 heteroatoms. The maximum absolute atomic E-state index is 13.9. The van der Waals surface area contributed by atoms with Crippen molar-refractivity contribution in [3.05, 3.63) is 63.1 Å². The molecule has 0 bridgehead atoms. The Morgan fingerprint density at radius 1 is 1.00 bits per heavy atom. The van der Waals surface area contributed by atoms with Crippen molar-refractivity contribution in [3.8, 4) is 6.07 Å². The molecule has 1 heterocycles. The van der Waals surface area contributed by atoms with Gasteiger partial charge in [0.1, 0.15) is 11.6 Å². The van der Waals surface area contributed by atoms with Gasteiger partial charge in [-0.3, -0.25) is 9.59 Å². The summed E-state index contributed by atoms with van der Waals surface area (Å²) in [6.07, 6.45) is 2.11. The van der Waals surface area contributed by atoms with Gasteiger partial charge in [0.05, 0.1) is 26.7 Å². The lowest BCUT2D eigenvalue weighted by atomic mass is 9.94. The Balaban J connectivity index is 1.48. The summed E-state index contributed by atoms with van der Waals surface area (Å²) in [5.41, 5.74) is -0.999. The molecule has 1 N–H and O–H groups in total. The van der Waals surface area contributed by atoms with Crippen molar-refractivity contribution >= 4 is 56.5 Å². The standard InChI is InChI=1S/C25H22Cl3N3O4S/c26-16-3-1-15(2-4-16)25(9-10-25)23(33)31-13-18(12-20(31)22(32)30-24(14-29)7-8-24)36(34,35)21-6-5-17(27)11-19(21)28/h1-6,11,18,20H,7-10,12-13H2,(H,30,32). The average Bonchev–Trinajstić information content (AvgIpc) is 3.75. The molecular weight excluding hydrogens is 545 g/mol. The van der Waals surface area contributed by atoms with Crippen LogP contribution in [-0.4, -0.2) is 48.5 Å². The Morgan fingerprint density at radius 3 is 2.19 bits per heavy atom. The number of sulfone groups is 1. The Bertz CT molecular complexity index is 1400. The fourth-order valence-corrected chi connectivity index (χ4v) is 7.48. The van der Waals surface area contributed by atoms with Crippen LogP contribution >= 0.6 is 34.8 Å². The first-order valence-electron chi connectivity index (χ1n) is 11.5. The normalized spacial score (nSPS) is 23.6. The lowest BCUT2D eigenvalue weighted by Crippen LogP contribution is -2.51. The molecule has 2 aromatic rings. The molecule has 2 aromatic carbocycles. The van der Waals surface area contributed by atoms with Crippen LogP contribution in [0.3, 0.4) is 0 Å². The number of nitrogens with zero attached hydrogens (tertiary/aromatic N) is 2. The summed E-state index contributed by atoms with van der Waals surface area (Å²) >= 11 is 18.2. The topological polar surface area (TPSA) is 107 Å². The minimum atomic E-state index is -3.99. The third-order valence-electron chi connectivity index (χ3n) is 7.35. The predicted molar refractivity (Wildman–Crippen MR) is 136 cm³/mol. The van der Waals surface area contributed by atoms with E-state index in [0.717, 1.165) is 5.56 Å². The molecule has 2 saturated carbocycles. The number of hydrogen-bond donors (Lipinski definition) is 1. The molecule has 2 amide bonds. The Morgan fingerprint density at radius 2 is 1.64 bits per heavy atom. The number of carbonyl (C=O) groups is 2. The second kappa shape index (κ2) is 8.91. The van der Waals surface area contributed by atoms with Crippen LogP contribution in [0, 0.1) is 11.3 Å². The van der Waals surface area contributed by atoms with E-state index in [4.69, 9.17) is 34.8 Å². The molecule has 1 aliphatic heterocycles. The summed E-state index contributed by atoms with van der Waals surface area (Å²) in [7, 11) is -3.99. The van der Waals surface area contributed by atoms with E-state index in [2.05, 4.69) is 11.4 Å². The maximum atomic E-state index is 13.9. The monoisotopic (exact) mass is 565 g/mol. The minimum Gasteiger partial charge on any atom is -0.336 e. The second-order valence-corrected chi connectivity index (χ2v) is 13.2. The Labute approximate surface area is 224 Å². The van der Waals surface area contributed by atoms with Crippen molar-refractivity contribution < 1.29 is 18.0 Å². The van der Waals surface area contributed by atoms with E-state index in [0.29, 0.717) is 35.7 Å².